The van der Waals surface area contributed by atoms with Crippen LogP contribution in [-0.2, 0) is 19.4 Å². The van der Waals surface area contributed by atoms with Crippen LogP contribution in [0.25, 0.3) is 11.3 Å². The number of phenolic OH excluding ortho intramolecular Hbond substituents is 1. The summed E-state index contributed by atoms with van der Waals surface area (Å²) >= 11 is 0. The molecule has 1 fully saturated rings. The molecule has 2 aromatic carbocycles. The predicted octanol–water partition coefficient (Wildman–Crippen LogP) is 4.35. The maximum atomic E-state index is 14.7. The molecular formula is C26H31FN4O. The van der Waals surface area contributed by atoms with Crippen LogP contribution in [0.3, 0.4) is 0 Å². The smallest absolute Gasteiger partial charge is 0.132 e. The van der Waals surface area contributed by atoms with Gasteiger partial charge in [0.15, 0.2) is 0 Å². The zero-order valence-corrected chi connectivity index (χ0v) is 18.8. The van der Waals surface area contributed by atoms with Gasteiger partial charge >= 0.3 is 0 Å². The molecule has 2 N–H and O–H groups in total. The van der Waals surface area contributed by atoms with Gasteiger partial charge in [-0.05, 0) is 68.1 Å². The number of benzene rings is 2. The average Bonchev–Trinajstić information content (AvgIpc) is 2.79. The lowest BCUT2D eigenvalue weighted by Gasteiger charge is -2.37. The van der Waals surface area contributed by atoms with Gasteiger partial charge in [0, 0.05) is 49.9 Å². The number of aromatic nitrogens is 2. The van der Waals surface area contributed by atoms with Crippen molar-refractivity contribution in [1.29, 1.82) is 0 Å². The van der Waals surface area contributed by atoms with Gasteiger partial charge < -0.3 is 10.4 Å². The molecule has 2 atom stereocenters. The number of hydrogen-bond acceptors (Lipinski definition) is 5. The molecule has 2 heterocycles. The lowest BCUT2D eigenvalue weighted by atomic mass is 10.0. The third-order valence-electron chi connectivity index (χ3n) is 6.09. The Morgan fingerprint density at radius 1 is 1.06 bits per heavy atom. The van der Waals surface area contributed by atoms with E-state index in [1.54, 1.807) is 30.5 Å². The second-order valence-electron chi connectivity index (χ2n) is 8.78. The number of nitrogens with zero attached hydrogens (tertiary/aromatic N) is 3. The molecule has 3 aromatic rings. The normalized spacial score (nSPS) is 19.2. The third kappa shape index (κ3) is 5.69. The lowest BCUT2D eigenvalue weighted by Crippen LogP contribution is -2.53. The summed E-state index contributed by atoms with van der Waals surface area (Å²) in [4.78, 5) is 11.5. The number of rotatable bonds is 7. The molecule has 1 aliphatic rings. The van der Waals surface area contributed by atoms with Crippen LogP contribution in [0.2, 0.25) is 0 Å². The van der Waals surface area contributed by atoms with Crippen molar-refractivity contribution in [3.8, 4) is 17.0 Å². The van der Waals surface area contributed by atoms with E-state index >= 15 is 0 Å². The van der Waals surface area contributed by atoms with Crippen LogP contribution in [-0.4, -0.2) is 45.1 Å². The first-order valence-corrected chi connectivity index (χ1v) is 11.3. The topological polar surface area (TPSA) is 61.3 Å². The van der Waals surface area contributed by atoms with Gasteiger partial charge in [-0.3, -0.25) is 4.90 Å². The van der Waals surface area contributed by atoms with Crippen molar-refractivity contribution in [3.05, 3.63) is 77.5 Å². The third-order valence-corrected chi connectivity index (χ3v) is 6.09. The van der Waals surface area contributed by atoms with Gasteiger partial charge in [0.1, 0.15) is 17.4 Å². The van der Waals surface area contributed by atoms with Gasteiger partial charge in [-0.1, -0.05) is 18.2 Å². The van der Waals surface area contributed by atoms with Gasteiger partial charge in [0.05, 0.1) is 5.69 Å². The first kappa shape index (κ1) is 22.4. The highest BCUT2D eigenvalue weighted by atomic mass is 19.1. The van der Waals surface area contributed by atoms with Crippen LogP contribution in [0.4, 0.5) is 4.39 Å². The molecule has 1 aliphatic heterocycles. The SMILES string of the molecule is C[C@@H]1CN(Cc2ccc(F)c(-c3ccnc(CCCc4ccc(O)cc4)n3)c2)[C@H](C)CN1. The van der Waals surface area contributed by atoms with Crippen LogP contribution in [0, 0.1) is 5.82 Å². The fourth-order valence-corrected chi connectivity index (χ4v) is 4.20. The van der Waals surface area contributed by atoms with Crippen LogP contribution < -0.4 is 5.32 Å². The minimum Gasteiger partial charge on any atom is -0.508 e. The molecule has 168 valence electrons. The summed E-state index contributed by atoms with van der Waals surface area (Å²) in [5.74, 6) is 0.731. The number of hydrogen-bond donors (Lipinski definition) is 2. The predicted molar refractivity (Wildman–Crippen MR) is 125 cm³/mol. The van der Waals surface area contributed by atoms with E-state index in [9.17, 15) is 9.50 Å². The minimum atomic E-state index is -0.260. The summed E-state index contributed by atoms with van der Waals surface area (Å²) in [7, 11) is 0. The molecule has 6 heteroatoms. The summed E-state index contributed by atoms with van der Waals surface area (Å²) < 4.78 is 14.7. The molecule has 1 aromatic heterocycles. The van der Waals surface area contributed by atoms with E-state index < -0.39 is 0 Å². The molecule has 0 bridgehead atoms. The van der Waals surface area contributed by atoms with E-state index in [2.05, 4.69) is 34.0 Å². The van der Waals surface area contributed by atoms with E-state index in [4.69, 9.17) is 0 Å². The van der Waals surface area contributed by atoms with Crippen molar-refractivity contribution in [2.24, 2.45) is 0 Å². The Bertz CT molecular complexity index is 1040. The van der Waals surface area contributed by atoms with Crippen molar-refractivity contribution in [2.45, 2.75) is 51.7 Å². The molecule has 4 rings (SSSR count). The molecule has 0 unspecified atom stereocenters. The van der Waals surface area contributed by atoms with E-state index in [0.29, 0.717) is 29.8 Å². The van der Waals surface area contributed by atoms with E-state index in [0.717, 1.165) is 49.4 Å². The molecular weight excluding hydrogens is 403 g/mol. The molecule has 0 spiro atoms. The zero-order chi connectivity index (χ0) is 22.5. The van der Waals surface area contributed by atoms with Gasteiger partial charge in [0.2, 0.25) is 0 Å². The largest absolute Gasteiger partial charge is 0.508 e. The molecule has 5 nitrogen and oxygen atoms in total. The highest BCUT2D eigenvalue weighted by Crippen LogP contribution is 2.24. The summed E-state index contributed by atoms with van der Waals surface area (Å²) in [6.07, 6.45) is 4.19. The van der Waals surface area contributed by atoms with Gasteiger partial charge in [-0.15, -0.1) is 0 Å². The standard InChI is InChI=1S/C26H31FN4O/c1-18-16-31(19(2)15-29-18)17-21-8-11-24(27)23(14-21)25-12-13-28-26(30-25)5-3-4-20-6-9-22(32)10-7-20/h6-14,18-19,29,32H,3-5,15-17H2,1-2H3/t18-,19-/m1/s1. The number of nitrogens with one attached hydrogen (secondary N) is 1. The molecule has 0 aliphatic carbocycles. The maximum absolute atomic E-state index is 14.7. The van der Waals surface area contributed by atoms with Crippen molar-refractivity contribution in [2.75, 3.05) is 13.1 Å². The number of phenols is 1. The van der Waals surface area contributed by atoms with E-state index in [1.807, 2.05) is 24.3 Å². The Morgan fingerprint density at radius 2 is 1.84 bits per heavy atom. The Kier molecular flexibility index (Phi) is 7.12. The Balaban J connectivity index is 1.44. The van der Waals surface area contributed by atoms with Gasteiger partial charge in [0.25, 0.3) is 0 Å². The number of aromatic hydroxyl groups is 1. The van der Waals surface area contributed by atoms with Crippen LogP contribution in [0.1, 0.15) is 37.2 Å². The zero-order valence-electron chi connectivity index (χ0n) is 18.8. The Hall–Kier alpha value is -2.83. The number of halogens is 1. The first-order valence-electron chi connectivity index (χ1n) is 11.3. The second-order valence-corrected chi connectivity index (χ2v) is 8.78. The minimum absolute atomic E-state index is 0.260. The number of aryl methyl sites for hydroxylation is 2. The van der Waals surface area contributed by atoms with Crippen molar-refractivity contribution in [1.82, 2.24) is 20.2 Å². The average molecular weight is 435 g/mol. The number of piperazine rings is 1. The Morgan fingerprint density at radius 3 is 2.66 bits per heavy atom. The van der Waals surface area contributed by atoms with E-state index in [-0.39, 0.29) is 11.6 Å². The van der Waals surface area contributed by atoms with E-state index in [1.165, 1.54) is 0 Å². The Labute approximate surface area is 189 Å². The molecule has 32 heavy (non-hydrogen) atoms. The van der Waals surface area contributed by atoms with Crippen molar-refractivity contribution < 1.29 is 9.50 Å². The molecule has 0 radical (unpaired) electrons. The van der Waals surface area contributed by atoms with Crippen LogP contribution in [0.15, 0.2) is 54.7 Å². The van der Waals surface area contributed by atoms with Crippen molar-refractivity contribution in [3.63, 3.8) is 0 Å². The van der Waals surface area contributed by atoms with Gasteiger partial charge in [-0.2, -0.15) is 0 Å². The molecule has 1 saturated heterocycles. The molecule has 0 saturated carbocycles. The summed E-state index contributed by atoms with van der Waals surface area (Å²) in [5, 5.41) is 12.9. The monoisotopic (exact) mass is 434 g/mol. The fraction of sp³-hybridized carbons (Fsp3) is 0.385. The second kappa shape index (κ2) is 10.2. The summed E-state index contributed by atoms with van der Waals surface area (Å²) in [6, 6.07) is 15.3. The maximum Gasteiger partial charge on any atom is 0.132 e. The molecule has 0 amide bonds. The highest BCUT2D eigenvalue weighted by Gasteiger charge is 2.22. The summed E-state index contributed by atoms with van der Waals surface area (Å²) in [5.41, 5.74) is 3.41. The first-order chi connectivity index (χ1) is 15.5. The summed E-state index contributed by atoms with van der Waals surface area (Å²) in [6.45, 7) is 7.16. The van der Waals surface area contributed by atoms with Crippen LogP contribution in [0.5, 0.6) is 5.75 Å². The fourth-order valence-electron chi connectivity index (χ4n) is 4.20. The lowest BCUT2D eigenvalue weighted by molar-refractivity contribution is 0.139. The highest BCUT2D eigenvalue weighted by molar-refractivity contribution is 5.60. The quantitative estimate of drug-likeness (QED) is 0.579. The van der Waals surface area contributed by atoms with Crippen molar-refractivity contribution >= 4 is 0 Å². The van der Waals surface area contributed by atoms with Gasteiger partial charge in [-0.25, -0.2) is 14.4 Å². The van der Waals surface area contributed by atoms with Crippen LogP contribution >= 0.6 is 0 Å².